The number of ether oxygens (including phenoxy) is 1. The van der Waals surface area contributed by atoms with E-state index >= 15 is 0 Å². The highest BCUT2D eigenvalue weighted by molar-refractivity contribution is 6.00. The van der Waals surface area contributed by atoms with Crippen molar-refractivity contribution in [1.29, 1.82) is 0 Å². The molecule has 0 radical (unpaired) electrons. The van der Waals surface area contributed by atoms with Crippen molar-refractivity contribution in [2.75, 3.05) is 11.4 Å². The van der Waals surface area contributed by atoms with E-state index in [1.807, 2.05) is 0 Å². The number of amides is 1. The number of anilines is 1. The van der Waals surface area contributed by atoms with Crippen LogP contribution < -0.4 is 4.90 Å². The molecule has 1 aliphatic heterocycles. The lowest BCUT2D eigenvalue weighted by Crippen LogP contribution is -2.24. The van der Waals surface area contributed by atoms with Gasteiger partial charge >= 0.3 is 6.09 Å². The van der Waals surface area contributed by atoms with Gasteiger partial charge in [0, 0.05) is 0 Å². The molecule has 1 aromatic heterocycles. The lowest BCUT2D eigenvalue weighted by molar-refractivity contribution is 0.111. The van der Waals surface area contributed by atoms with Crippen LogP contribution in [0.3, 0.4) is 0 Å². The van der Waals surface area contributed by atoms with Crippen molar-refractivity contribution in [3.63, 3.8) is 0 Å². The maximum absolute atomic E-state index is 13.7. The molecule has 0 aliphatic carbocycles. The van der Waals surface area contributed by atoms with E-state index in [1.165, 1.54) is 0 Å². The second kappa shape index (κ2) is 4.26. The summed E-state index contributed by atoms with van der Waals surface area (Å²) in [5.41, 5.74) is -0.921. The van der Waals surface area contributed by atoms with Crippen LogP contribution in [-0.2, 0) is 4.74 Å². The van der Waals surface area contributed by atoms with Crippen molar-refractivity contribution in [2.45, 2.75) is 13.0 Å². The van der Waals surface area contributed by atoms with Gasteiger partial charge in [0.1, 0.15) is 6.10 Å². The summed E-state index contributed by atoms with van der Waals surface area (Å²) in [5.74, 6) is -2.63. The molecule has 1 saturated heterocycles. The summed E-state index contributed by atoms with van der Waals surface area (Å²) in [6.07, 6.45) is -0.838. The molecule has 0 saturated carbocycles. The fraction of sp³-hybridized carbons (Fsp3) is 0.250. The Morgan fingerprint density at radius 3 is 2.80 bits per heavy atom. The summed E-state index contributed by atoms with van der Waals surface area (Å²) in [6.45, 7) is 1.88. The van der Waals surface area contributed by atoms with E-state index in [0.29, 0.717) is 0 Å². The van der Waals surface area contributed by atoms with E-state index in [0.717, 1.165) is 11.0 Å². The fourth-order valence-electron chi connectivity index (χ4n) is 2.08. The third-order valence-corrected chi connectivity index (χ3v) is 3.00. The molecular formula is C12H8F2N2O4. The van der Waals surface area contributed by atoms with Gasteiger partial charge in [0.2, 0.25) is 11.4 Å². The minimum Gasteiger partial charge on any atom is -0.444 e. The lowest BCUT2D eigenvalue weighted by atomic mass is 10.1. The smallest absolute Gasteiger partial charge is 0.416 e. The molecule has 1 amide bonds. The van der Waals surface area contributed by atoms with E-state index < -0.39 is 28.9 Å². The molecule has 1 atom stereocenters. The molecule has 0 N–H and O–H groups in total. The van der Waals surface area contributed by atoms with Gasteiger partial charge in [-0.2, -0.15) is 4.39 Å². The average Bonchev–Trinajstić information content (AvgIpc) is 2.96. The molecule has 8 heteroatoms. The van der Waals surface area contributed by atoms with Crippen LogP contribution in [0, 0.1) is 11.6 Å². The summed E-state index contributed by atoms with van der Waals surface area (Å²) < 4.78 is 36.8. The van der Waals surface area contributed by atoms with Crippen molar-refractivity contribution in [3.05, 3.63) is 23.3 Å². The Kier molecular flexibility index (Phi) is 2.66. The molecule has 0 spiro atoms. The summed E-state index contributed by atoms with van der Waals surface area (Å²) in [7, 11) is 0. The number of fused-ring (bicyclic) bond motifs is 1. The molecule has 1 fully saturated rings. The topological polar surface area (TPSA) is 72.6 Å². The number of carbonyl (C=O) groups is 2. The van der Waals surface area contributed by atoms with Crippen LogP contribution in [0.2, 0.25) is 0 Å². The molecule has 0 unspecified atom stereocenters. The SMILES string of the molecule is C[C@@H]1CN(c2noc3c(F)c(F)c(C=O)cc23)C(=O)O1. The molecule has 3 rings (SSSR count). The minimum absolute atomic E-state index is 0.00338. The third-order valence-electron chi connectivity index (χ3n) is 3.00. The average molecular weight is 282 g/mol. The Morgan fingerprint density at radius 1 is 1.45 bits per heavy atom. The van der Waals surface area contributed by atoms with Gasteiger partial charge < -0.3 is 9.26 Å². The lowest BCUT2D eigenvalue weighted by Gasteiger charge is -2.08. The molecule has 2 aromatic rings. The summed E-state index contributed by atoms with van der Waals surface area (Å²) in [6, 6.07) is 1.09. The van der Waals surface area contributed by atoms with Gasteiger partial charge in [-0.3, -0.25) is 9.69 Å². The number of halogens is 2. The van der Waals surface area contributed by atoms with Gasteiger partial charge in [-0.25, -0.2) is 9.18 Å². The number of hydrogen-bond donors (Lipinski definition) is 0. The molecule has 1 aliphatic rings. The second-order valence-electron chi connectivity index (χ2n) is 4.40. The van der Waals surface area contributed by atoms with Crippen molar-refractivity contribution in [1.82, 2.24) is 5.16 Å². The predicted molar refractivity (Wildman–Crippen MR) is 62.6 cm³/mol. The number of cyclic esters (lactones) is 1. The first-order valence-corrected chi connectivity index (χ1v) is 5.73. The van der Waals surface area contributed by atoms with Crippen molar-refractivity contribution < 1.29 is 27.6 Å². The zero-order chi connectivity index (χ0) is 14.4. The first-order valence-electron chi connectivity index (χ1n) is 5.73. The van der Waals surface area contributed by atoms with E-state index in [-0.39, 0.29) is 30.1 Å². The Balaban J connectivity index is 2.21. The molecule has 2 heterocycles. The van der Waals surface area contributed by atoms with Crippen molar-refractivity contribution >= 4 is 29.2 Å². The van der Waals surface area contributed by atoms with Crippen LogP contribution in [-0.4, -0.2) is 30.2 Å². The van der Waals surface area contributed by atoms with Gasteiger partial charge in [-0.05, 0) is 13.0 Å². The maximum Gasteiger partial charge on any atom is 0.416 e. The summed E-state index contributed by atoms with van der Waals surface area (Å²) in [4.78, 5) is 23.5. The van der Waals surface area contributed by atoms with Crippen LogP contribution in [0.25, 0.3) is 11.0 Å². The standard InChI is InChI=1S/C12H8F2N2O4/c1-5-3-16(12(18)19-5)11-7-2-6(4-17)8(13)9(14)10(7)20-15-11/h2,4-5H,3H2,1H3/t5-/m1/s1. The molecule has 0 bridgehead atoms. The Labute approximate surface area is 110 Å². The molecule has 20 heavy (non-hydrogen) atoms. The number of hydrogen-bond acceptors (Lipinski definition) is 5. The highest BCUT2D eigenvalue weighted by Gasteiger charge is 2.34. The number of benzene rings is 1. The summed E-state index contributed by atoms with van der Waals surface area (Å²) >= 11 is 0. The number of carbonyl (C=O) groups excluding carboxylic acids is 2. The van der Waals surface area contributed by atoms with Gasteiger partial charge in [0.15, 0.2) is 17.9 Å². The second-order valence-corrected chi connectivity index (χ2v) is 4.40. The van der Waals surface area contributed by atoms with Crippen LogP contribution in [0.1, 0.15) is 17.3 Å². The van der Waals surface area contributed by atoms with Crippen LogP contribution >= 0.6 is 0 Å². The number of aromatic nitrogens is 1. The predicted octanol–water partition coefficient (Wildman–Crippen LogP) is 2.26. The first kappa shape index (κ1) is 12.5. The minimum atomic E-state index is -1.32. The summed E-state index contributed by atoms with van der Waals surface area (Å²) in [5, 5.41) is 3.61. The monoisotopic (exact) mass is 282 g/mol. The largest absolute Gasteiger partial charge is 0.444 e. The van der Waals surface area contributed by atoms with Crippen LogP contribution in [0.15, 0.2) is 10.6 Å². The Morgan fingerprint density at radius 2 is 2.20 bits per heavy atom. The first-order chi connectivity index (χ1) is 9.52. The van der Waals surface area contributed by atoms with Gasteiger partial charge in [0.25, 0.3) is 0 Å². The molecule has 1 aromatic carbocycles. The third kappa shape index (κ3) is 1.64. The fourth-order valence-corrected chi connectivity index (χ4v) is 2.08. The number of nitrogens with zero attached hydrogens (tertiary/aromatic N) is 2. The van der Waals surface area contributed by atoms with Crippen LogP contribution in [0.4, 0.5) is 19.4 Å². The van der Waals surface area contributed by atoms with E-state index in [1.54, 1.807) is 6.92 Å². The number of aldehydes is 1. The van der Waals surface area contributed by atoms with E-state index in [9.17, 15) is 18.4 Å². The molecule has 6 nitrogen and oxygen atoms in total. The Hall–Kier alpha value is -2.51. The van der Waals surface area contributed by atoms with E-state index in [2.05, 4.69) is 5.16 Å². The van der Waals surface area contributed by atoms with E-state index in [4.69, 9.17) is 9.26 Å². The zero-order valence-electron chi connectivity index (χ0n) is 10.2. The highest BCUT2D eigenvalue weighted by Crippen LogP contribution is 2.32. The quantitative estimate of drug-likeness (QED) is 0.790. The van der Waals surface area contributed by atoms with Crippen LogP contribution in [0.5, 0.6) is 0 Å². The van der Waals surface area contributed by atoms with Crippen molar-refractivity contribution in [2.24, 2.45) is 0 Å². The van der Waals surface area contributed by atoms with Gasteiger partial charge in [0.05, 0.1) is 17.5 Å². The highest BCUT2D eigenvalue weighted by atomic mass is 19.2. The molecule has 104 valence electrons. The maximum atomic E-state index is 13.7. The normalized spacial score (nSPS) is 18.6. The molecular weight excluding hydrogens is 274 g/mol. The number of rotatable bonds is 2. The van der Waals surface area contributed by atoms with Gasteiger partial charge in [-0.1, -0.05) is 5.16 Å². The van der Waals surface area contributed by atoms with Crippen molar-refractivity contribution in [3.8, 4) is 0 Å². The Bertz CT molecular complexity index is 728. The zero-order valence-corrected chi connectivity index (χ0v) is 10.2. The van der Waals surface area contributed by atoms with Gasteiger partial charge in [-0.15, -0.1) is 0 Å².